The molecule has 0 saturated carbocycles. The minimum atomic E-state index is -0.0621. The molecular weight excluding hydrogens is 282 g/mol. The van der Waals surface area contributed by atoms with Crippen LogP contribution >= 0.6 is 0 Å². The van der Waals surface area contributed by atoms with Gasteiger partial charge in [0.1, 0.15) is 0 Å². The number of nitriles is 1. The first-order chi connectivity index (χ1) is 10.6. The van der Waals surface area contributed by atoms with E-state index in [1.165, 1.54) is 5.56 Å². The summed E-state index contributed by atoms with van der Waals surface area (Å²) in [6, 6.07) is 9.75. The van der Waals surface area contributed by atoms with Crippen LogP contribution in [0.25, 0.3) is 11.3 Å². The highest BCUT2D eigenvalue weighted by Crippen LogP contribution is 2.37. The summed E-state index contributed by atoms with van der Waals surface area (Å²) in [6.45, 7) is 15.2. The van der Waals surface area contributed by atoms with Crippen LogP contribution in [0.3, 0.4) is 0 Å². The topological polar surface area (TPSA) is 49.6 Å². The molecule has 0 N–H and O–H groups in total. The van der Waals surface area contributed by atoms with Crippen LogP contribution in [-0.4, -0.2) is 10.2 Å². The summed E-state index contributed by atoms with van der Waals surface area (Å²) in [7, 11) is 0. The fraction of sp³-hybridized carbons (Fsp3) is 0.450. The van der Waals surface area contributed by atoms with Gasteiger partial charge in [-0.15, -0.1) is 5.10 Å². The average Bonchev–Trinajstić information content (AvgIpc) is 2.44. The lowest BCUT2D eigenvalue weighted by molar-refractivity contribution is 0.503. The van der Waals surface area contributed by atoms with Crippen molar-refractivity contribution in [1.29, 1.82) is 5.26 Å². The molecule has 0 unspecified atom stereocenters. The molecule has 0 bridgehead atoms. The summed E-state index contributed by atoms with van der Waals surface area (Å²) in [6.07, 6.45) is 0. The molecule has 0 saturated heterocycles. The molecule has 1 heterocycles. The number of nitrogens with zero attached hydrogens (tertiary/aromatic N) is 3. The van der Waals surface area contributed by atoms with Gasteiger partial charge in [-0.1, -0.05) is 53.7 Å². The summed E-state index contributed by atoms with van der Waals surface area (Å²) >= 11 is 0. The molecule has 0 aliphatic rings. The van der Waals surface area contributed by atoms with E-state index in [0.29, 0.717) is 5.56 Å². The minimum absolute atomic E-state index is 0.0236. The number of hydrogen-bond donors (Lipinski definition) is 0. The molecule has 2 aromatic rings. The predicted octanol–water partition coefficient (Wildman–Crippen LogP) is 4.92. The summed E-state index contributed by atoms with van der Waals surface area (Å²) < 4.78 is 0. The highest BCUT2D eigenvalue weighted by Gasteiger charge is 2.30. The standard InChI is InChI=1S/C20H25N3/c1-13-16(19(2,3)4)18(20(5,6)7)23-22-17(13)15-10-8-9-14(11-15)12-21/h8-11H,1-7H3. The molecule has 0 atom stereocenters. The first-order valence-corrected chi connectivity index (χ1v) is 7.94. The van der Waals surface area contributed by atoms with Crippen molar-refractivity contribution in [3.63, 3.8) is 0 Å². The van der Waals surface area contributed by atoms with Crippen molar-refractivity contribution in [2.75, 3.05) is 0 Å². The molecule has 120 valence electrons. The van der Waals surface area contributed by atoms with Crippen molar-refractivity contribution < 1.29 is 0 Å². The van der Waals surface area contributed by atoms with Crippen LogP contribution in [0.4, 0.5) is 0 Å². The Labute approximate surface area is 139 Å². The van der Waals surface area contributed by atoms with Gasteiger partial charge in [0.15, 0.2) is 0 Å². The maximum atomic E-state index is 9.13. The number of benzene rings is 1. The molecule has 0 spiro atoms. The van der Waals surface area contributed by atoms with E-state index in [1.54, 1.807) is 6.07 Å². The largest absolute Gasteiger partial charge is 0.192 e. The van der Waals surface area contributed by atoms with Gasteiger partial charge in [0.2, 0.25) is 0 Å². The van der Waals surface area contributed by atoms with Gasteiger partial charge < -0.3 is 0 Å². The fourth-order valence-corrected chi connectivity index (χ4v) is 2.97. The molecule has 0 radical (unpaired) electrons. The predicted molar refractivity (Wildman–Crippen MR) is 94.3 cm³/mol. The van der Waals surface area contributed by atoms with Crippen LogP contribution in [0, 0.1) is 18.3 Å². The fourth-order valence-electron chi connectivity index (χ4n) is 2.97. The third-order valence-electron chi connectivity index (χ3n) is 3.94. The first-order valence-electron chi connectivity index (χ1n) is 7.94. The Bertz CT molecular complexity index is 769. The summed E-state index contributed by atoms with van der Waals surface area (Å²) in [5.41, 5.74) is 5.80. The van der Waals surface area contributed by atoms with Crippen molar-refractivity contribution in [2.24, 2.45) is 0 Å². The second-order valence-electron chi connectivity index (χ2n) is 8.09. The van der Waals surface area contributed by atoms with Crippen LogP contribution in [0.15, 0.2) is 24.3 Å². The van der Waals surface area contributed by atoms with Crippen LogP contribution < -0.4 is 0 Å². The lowest BCUT2D eigenvalue weighted by atomic mass is 9.76. The second kappa shape index (κ2) is 5.77. The molecule has 1 aromatic carbocycles. The van der Waals surface area contributed by atoms with Gasteiger partial charge in [0.05, 0.1) is 23.0 Å². The van der Waals surface area contributed by atoms with E-state index in [0.717, 1.165) is 22.5 Å². The van der Waals surface area contributed by atoms with Crippen molar-refractivity contribution in [3.05, 3.63) is 46.6 Å². The van der Waals surface area contributed by atoms with E-state index in [2.05, 4.69) is 64.7 Å². The van der Waals surface area contributed by atoms with Gasteiger partial charge in [-0.25, -0.2) is 0 Å². The van der Waals surface area contributed by atoms with E-state index in [9.17, 15) is 0 Å². The lowest BCUT2D eigenvalue weighted by Gasteiger charge is -2.30. The Morgan fingerprint density at radius 3 is 2.13 bits per heavy atom. The highest BCUT2D eigenvalue weighted by molar-refractivity contribution is 5.66. The average molecular weight is 307 g/mol. The molecule has 1 aromatic heterocycles. The maximum absolute atomic E-state index is 9.13. The lowest BCUT2D eigenvalue weighted by Crippen LogP contribution is -2.26. The van der Waals surface area contributed by atoms with E-state index >= 15 is 0 Å². The highest BCUT2D eigenvalue weighted by atomic mass is 15.1. The van der Waals surface area contributed by atoms with Crippen molar-refractivity contribution in [3.8, 4) is 17.3 Å². The minimum Gasteiger partial charge on any atom is -0.192 e. The van der Waals surface area contributed by atoms with Crippen LogP contribution in [0.5, 0.6) is 0 Å². The van der Waals surface area contributed by atoms with E-state index < -0.39 is 0 Å². The summed E-state index contributed by atoms with van der Waals surface area (Å²) in [5.74, 6) is 0. The molecule has 23 heavy (non-hydrogen) atoms. The number of aromatic nitrogens is 2. The normalized spacial score (nSPS) is 12.1. The number of rotatable bonds is 1. The maximum Gasteiger partial charge on any atom is 0.0991 e. The SMILES string of the molecule is Cc1c(-c2cccc(C#N)c2)nnc(C(C)(C)C)c1C(C)(C)C. The smallest absolute Gasteiger partial charge is 0.0991 e. The van der Waals surface area contributed by atoms with E-state index in [1.807, 2.05) is 18.2 Å². The molecule has 3 heteroatoms. The van der Waals surface area contributed by atoms with Gasteiger partial charge >= 0.3 is 0 Å². The molecule has 3 nitrogen and oxygen atoms in total. The Hall–Kier alpha value is -2.21. The monoisotopic (exact) mass is 307 g/mol. The second-order valence-corrected chi connectivity index (χ2v) is 8.09. The molecule has 0 fully saturated rings. The molecule has 0 aliphatic carbocycles. The van der Waals surface area contributed by atoms with Crippen LogP contribution in [0.2, 0.25) is 0 Å². The Balaban J connectivity index is 2.76. The third kappa shape index (κ3) is 3.42. The van der Waals surface area contributed by atoms with Gasteiger partial charge in [-0.05, 0) is 35.6 Å². The Morgan fingerprint density at radius 2 is 1.61 bits per heavy atom. The molecule has 2 rings (SSSR count). The quantitative estimate of drug-likeness (QED) is 0.751. The summed E-state index contributed by atoms with van der Waals surface area (Å²) in [4.78, 5) is 0. The Morgan fingerprint density at radius 1 is 0.957 bits per heavy atom. The van der Waals surface area contributed by atoms with Crippen molar-refractivity contribution in [2.45, 2.75) is 59.3 Å². The zero-order valence-electron chi connectivity index (χ0n) is 15.2. The zero-order valence-corrected chi connectivity index (χ0v) is 15.2. The number of hydrogen-bond acceptors (Lipinski definition) is 3. The van der Waals surface area contributed by atoms with Gasteiger partial charge in [-0.3, -0.25) is 0 Å². The molecule has 0 amide bonds. The Kier molecular flexibility index (Phi) is 4.30. The van der Waals surface area contributed by atoms with Gasteiger partial charge in [-0.2, -0.15) is 10.4 Å². The van der Waals surface area contributed by atoms with Crippen LogP contribution in [0.1, 0.15) is 63.9 Å². The van der Waals surface area contributed by atoms with E-state index in [4.69, 9.17) is 5.26 Å². The molecular formula is C20H25N3. The van der Waals surface area contributed by atoms with Crippen LogP contribution in [-0.2, 0) is 10.8 Å². The molecule has 0 aliphatic heterocycles. The van der Waals surface area contributed by atoms with Gasteiger partial charge in [0, 0.05) is 11.0 Å². The van der Waals surface area contributed by atoms with Gasteiger partial charge in [0.25, 0.3) is 0 Å². The van der Waals surface area contributed by atoms with Crippen molar-refractivity contribution in [1.82, 2.24) is 10.2 Å². The summed E-state index contributed by atoms with van der Waals surface area (Å²) in [5, 5.41) is 18.2. The first kappa shape index (κ1) is 17.1. The van der Waals surface area contributed by atoms with E-state index in [-0.39, 0.29) is 10.8 Å². The zero-order chi connectivity index (χ0) is 17.4. The van der Waals surface area contributed by atoms with Crippen molar-refractivity contribution >= 4 is 0 Å². The third-order valence-corrected chi connectivity index (χ3v) is 3.94.